The van der Waals surface area contributed by atoms with Crippen LogP contribution in [0.2, 0.25) is 0 Å². The van der Waals surface area contributed by atoms with Gasteiger partial charge >= 0.3 is 0 Å². The number of thioether (sulfide) groups is 2. The number of hydrogen-bond acceptors (Lipinski definition) is 14. The summed E-state index contributed by atoms with van der Waals surface area (Å²) in [6.45, 7) is 35.4. The van der Waals surface area contributed by atoms with Crippen LogP contribution < -0.4 is 0 Å². The Balaban J connectivity index is 1.04. The topological polar surface area (TPSA) is 90.4 Å². The van der Waals surface area contributed by atoms with Crippen LogP contribution in [0.25, 0.3) is 93.6 Å². The molecule has 4 aliphatic rings. The standard InChI is InChI=1S/C114H114N4O2S10/c1-11-19-25-29-35-73-39-47-77(48-40-73)113(78-49-41-74(42-50-78)36-30-26-20-12-2)89-61-81(59-83-97(91(63-115)117-9)85-67-121-69-87(85)105(83)119)125-107(89)111-103(113)101-99(93-55-57-95(127-93)123-65-71(17-7)33-23-15-5)110-102(100(109(101)129-111)94-56-58-96(128-94)124-66-72(18-8)34-24-16-6)104-112(130-110)108-90(62-82(126-108)60-84-98(92(64-116)118-10)86-68-122-70-88(86)106(84)120)114(104,79-51-43-75(44-52-79)37-31-27-21-13-3)80-53-45-76(46-54-80)38-32-28-22-14-4/h39-62,67-72H,11-38,65-66H2,1-8H3/b83-59-,84-60-,97-91-,98-92+. The molecule has 8 aromatic heterocycles. The van der Waals surface area contributed by atoms with Gasteiger partial charge in [-0.05, 0) is 213 Å². The van der Waals surface area contributed by atoms with Gasteiger partial charge in [0.05, 0.1) is 64.0 Å². The normalized spacial score (nSPS) is 15.7. The van der Waals surface area contributed by atoms with Crippen molar-refractivity contribution in [1.29, 1.82) is 10.5 Å². The van der Waals surface area contributed by atoms with Gasteiger partial charge in [-0.3, -0.25) is 9.59 Å². The Labute approximate surface area is 811 Å². The highest BCUT2D eigenvalue weighted by atomic mass is 32.2. The van der Waals surface area contributed by atoms with E-state index in [0.29, 0.717) is 56.4 Å². The number of nitrogens with zero attached hydrogens (tertiary/aromatic N) is 4. The van der Waals surface area contributed by atoms with E-state index in [1.807, 2.05) is 103 Å². The van der Waals surface area contributed by atoms with E-state index < -0.39 is 10.8 Å². The zero-order valence-corrected chi connectivity index (χ0v) is 84.4. The lowest BCUT2D eigenvalue weighted by Crippen LogP contribution is -2.29. The number of aryl methyl sites for hydroxylation is 4. The number of ketones is 2. The number of allylic oxidation sites excluding steroid dienone is 6. The zero-order valence-electron chi connectivity index (χ0n) is 76.2. The number of carbonyl (C=O) groups is 2. The molecule has 4 aliphatic carbocycles. The molecule has 0 radical (unpaired) electrons. The van der Waals surface area contributed by atoms with Crippen molar-refractivity contribution in [3.63, 3.8) is 0 Å². The number of thiophene rings is 8. The average Bonchev–Trinajstić information content (AvgIpc) is 1.48. The molecule has 0 aliphatic heterocycles. The van der Waals surface area contributed by atoms with Crippen molar-refractivity contribution in [2.75, 3.05) is 11.5 Å². The Kier molecular flexibility index (Phi) is 30.2. The van der Waals surface area contributed by atoms with Crippen molar-refractivity contribution in [3.8, 4) is 52.5 Å². The van der Waals surface area contributed by atoms with Gasteiger partial charge < -0.3 is 0 Å². The molecule has 2 atom stereocenters. The molecule has 0 amide bonds. The van der Waals surface area contributed by atoms with E-state index in [1.165, 1.54) is 253 Å². The Morgan fingerprint density at radius 3 is 1.04 bits per heavy atom. The third kappa shape index (κ3) is 17.6. The summed E-state index contributed by atoms with van der Waals surface area (Å²) in [5.74, 6) is 2.93. The summed E-state index contributed by atoms with van der Waals surface area (Å²) in [4.78, 5) is 47.1. The summed E-state index contributed by atoms with van der Waals surface area (Å²) in [5.41, 5.74) is 19.3. The minimum absolute atomic E-state index is 0.0786. The van der Waals surface area contributed by atoms with Gasteiger partial charge in [0.2, 0.25) is 0 Å². The van der Waals surface area contributed by atoms with E-state index in [9.17, 15) is 10.5 Å². The van der Waals surface area contributed by atoms with Crippen LogP contribution in [0.3, 0.4) is 0 Å². The van der Waals surface area contributed by atoms with Crippen molar-refractivity contribution in [2.45, 2.75) is 254 Å². The number of Topliss-reactive ketones (excluding diaryl/α,β-unsaturated/α-hetero) is 2. The molecule has 0 saturated carbocycles. The van der Waals surface area contributed by atoms with Crippen LogP contribution in [0.1, 0.15) is 318 Å². The number of hydrogen-bond donors (Lipinski definition) is 0. The smallest absolute Gasteiger partial charge is 0.270 e. The van der Waals surface area contributed by atoms with Crippen molar-refractivity contribution in [1.82, 2.24) is 0 Å². The van der Waals surface area contributed by atoms with Crippen molar-refractivity contribution < 1.29 is 9.59 Å². The third-order valence-electron chi connectivity index (χ3n) is 27.6. The minimum Gasteiger partial charge on any atom is -0.289 e. The van der Waals surface area contributed by atoms with Gasteiger partial charge in [0, 0.05) is 106 Å². The molecule has 0 saturated heterocycles. The van der Waals surface area contributed by atoms with Crippen LogP contribution in [0, 0.1) is 47.6 Å². The molecule has 662 valence electrons. The van der Waals surface area contributed by atoms with Gasteiger partial charge in [0.25, 0.3) is 11.4 Å². The molecule has 17 rings (SSSR count). The second-order valence-corrected chi connectivity index (χ2v) is 46.3. The quantitative estimate of drug-likeness (QED) is 0.0124. The number of benzene rings is 5. The van der Waals surface area contributed by atoms with Crippen LogP contribution in [0.5, 0.6) is 0 Å². The lowest BCUT2D eigenvalue weighted by atomic mass is 9.66. The van der Waals surface area contributed by atoms with Crippen molar-refractivity contribution in [2.24, 2.45) is 11.8 Å². The number of unbranched alkanes of at least 4 members (excludes halogenated alkanes) is 14. The van der Waals surface area contributed by atoms with Gasteiger partial charge in [-0.15, -0.1) is 91.5 Å². The van der Waals surface area contributed by atoms with E-state index in [2.05, 4.69) is 211 Å². The molecule has 0 fully saturated rings. The number of carbonyl (C=O) groups excluding carboxylic acids is 2. The van der Waals surface area contributed by atoms with E-state index in [-0.39, 0.29) is 23.0 Å². The fourth-order valence-corrected chi connectivity index (χ4v) is 32.7. The fraction of sp³-hybridized carbons (Fsp3) is 0.368. The maximum Gasteiger partial charge on any atom is 0.270 e. The van der Waals surface area contributed by atoms with Crippen LogP contribution in [-0.4, -0.2) is 23.1 Å². The molecule has 0 bridgehead atoms. The van der Waals surface area contributed by atoms with E-state index in [1.54, 1.807) is 22.7 Å². The highest BCUT2D eigenvalue weighted by molar-refractivity contribution is 8.01. The summed E-state index contributed by atoms with van der Waals surface area (Å²) in [7, 11) is 0. The van der Waals surface area contributed by atoms with Crippen LogP contribution in [0.15, 0.2) is 186 Å². The predicted molar refractivity (Wildman–Crippen MR) is 565 cm³/mol. The lowest BCUT2D eigenvalue weighted by Gasteiger charge is -2.35. The number of fused-ring (bicyclic) bond motifs is 12. The lowest BCUT2D eigenvalue weighted by molar-refractivity contribution is 0.103. The van der Waals surface area contributed by atoms with Gasteiger partial charge in [-0.25, -0.2) is 20.2 Å². The van der Waals surface area contributed by atoms with Gasteiger partial charge in [-0.2, -0.15) is 22.7 Å². The second kappa shape index (κ2) is 42.2. The predicted octanol–water partition coefficient (Wildman–Crippen LogP) is 36.5. The highest BCUT2D eigenvalue weighted by Gasteiger charge is 2.55. The van der Waals surface area contributed by atoms with Crippen molar-refractivity contribution >= 4 is 169 Å². The maximum atomic E-state index is 15.2. The molecular weight excluding hydrogens is 1780 g/mol. The summed E-state index contributed by atoms with van der Waals surface area (Å²) in [6.07, 6.45) is 36.1. The minimum atomic E-state index is -0.953. The number of rotatable bonds is 42. The summed E-state index contributed by atoms with van der Waals surface area (Å²) in [6, 6.07) is 58.3. The summed E-state index contributed by atoms with van der Waals surface area (Å²) < 4.78 is 5.10. The molecule has 8 heterocycles. The molecule has 2 unspecified atom stereocenters. The van der Waals surface area contributed by atoms with E-state index in [4.69, 9.17) is 13.1 Å². The Hall–Kier alpha value is -8.82. The SMILES string of the molecule is [C-]#[N+]/C(C#N)=C1/C(=C/c2cc3c(s2)-c2sc4c(-c5ccc(SCC(CC)CCCC)s5)c5c6c(sc5c(-c5ccc(SCC(CC)CCCC)s5)c4c2C3(c2ccc(CCCCCC)cc2)c2ccc(CCCCCC)cc2)-c2sc(/C=C3\C(=O)c4cscc4\C3=C(/C#N)[N+]#[C-])cc2C6(c2ccc(CCCCCC)cc2)c2ccc(CCCCCC)cc2)C(=O)c2cscc21. The highest BCUT2D eigenvalue weighted by Crippen LogP contribution is 2.71. The molecule has 5 aromatic carbocycles. The molecule has 0 spiro atoms. The largest absolute Gasteiger partial charge is 0.289 e. The average molecular weight is 1890 g/mol. The molecule has 13 aromatic rings. The Morgan fingerprint density at radius 2 is 0.731 bits per heavy atom. The number of nitriles is 2. The Morgan fingerprint density at radius 1 is 0.400 bits per heavy atom. The van der Waals surface area contributed by atoms with Gasteiger partial charge in [0.1, 0.15) is 0 Å². The molecule has 130 heavy (non-hydrogen) atoms. The molecule has 16 heteroatoms. The first-order valence-electron chi connectivity index (χ1n) is 47.7. The first kappa shape index (κ1) is 93.0. The first-order valence-corrected chi connectivity index (χ1v) is 56.5. The maximum absolute atomic E-state index is 15.2. The van der Waals surface area contributed by atoms with Gasteiger partial charge in [0.15, 0.2) is 11.6 Å². The molecule has 0 N–H and O–H groups in total. The van der Waals surface area contributed by atoms with Crippen LogP contribution in [-0.2, 0) is 36.5 Å². The monoisotopic (exact) mass is 1890 g/mol. The zero-order chi connectivity index (χ0) is 90.2. The van der Waals surface area contributed by atoms with E-state index >= 15 is 9.59 Å². The fourth-order valence-electron chi connectivity index (χ4n) is 20.5. The molecular formula is C114H114N4O2S10. The van der Waals surface area contributed by atoms with Crippen LogP contribution in [0.4, 0.5) is 0 Å². The third-order valence-corrected chi connectivity index (χ3v) is 39.1. The molecule has 6 nitrogen and oxygen atoms in total. The second-order valence-electron chi connectivity index (χ2n) is 35.8. The summed E-state index contributed by atoms with van der Waals surface area (Å²) in [5, 5.41) is 31.8. The first-order chi connectivity index (χ1) is 63.8. The summed E-state index contributed by atoms with van der Waals surface area (Å²) >= 11 is 18.2. The van der Waals surface area contributed by atoms with E-state index in [0.717, 1.165) is 106 Å². The van der Waals surface area contributed by atoms with Gasteiger partial charge in [-0.1, -0.05) is 268 Å². The Bertz CT molecular complexity index is 6110. The van der Waals surface area contributed by atoms with Crippen molar-refractivity contribution in [3.05, 3.63) is 299 Å². The van der Waals surface area contributed by atoms with Crippen LogP contribution >= 0.6 is 114 Å².